The van der Waals surface area contributed by atoms with Crippen LogP contribution >= 0.6 is 0 Å². The maximum absolute atomic E-state index is 5.76. The first-order chi connectivity index (χ1) is 8.49. The number of nitrogens with two attached hydrogens (primary N) is 1. The molecule has 98 valence electrons. The number of amidine groups is 1. The largest absolute Gasteiger partial charge is 0.493 e. The summed E-state index contributed by atoms with van der Waals surface area (Å²) < 4.78 is 5.76. The number of hydrazine groups is 1. The number of nitrogens with zero attached hydrogens (tertiary/aromatic N) is 1. The summed E-state index contributed by atoms with van der Waals surface area (Å²) in [5.41, 5.74) is 3.80. The lowest BCUT2D eigenvalue weighted by Crippen LogP contribution is -2.42. The van der Waals surface area contributed by atoms with Crippen molar-refractivity contribution in [1.82, 2.24) is 5.43 Å². The van der Waals surface area contributed by atoms with Gasteiger partial charge in [-0.2, -0.15) is 0 Å². The minimum atomic E-state index is -0.140. The third-order valence-corrected chi connectivity index (χ3v) is 2.87. The van der Waals surface area contributed by atoms with Crippen LogP contribution in [-0.4, -0.2) is 18.0 Å². The molecular weight excluding hydrogens is 226 g/mol. The predicted molar refractivity (Wildman–Crippen MR) is 73.6 cm³/mol. The number of ether oxygens (including phenoxy) is 1. The van der Waals surface area contributed by atoms with Gasteiger partial charge in [0.05, 0.1) is 18.1 Å². The average Bonchev–Trinajstić information content (AvgIpc) is 2.34. The monoisotopic (exact) mass is 247 g/mol. The zero-order valence-corrected chi connectivity index (χ0v) is 11.2. The van der Waals surface area contributed by atoms with Gasteiger partial charge in [-0.3, -0.25) is 4.99 Å². The standard InChI is InChI=1S/C14H21N3O/c1-14(2,3)16-13(17-15)11-8-10-6-4-5-7-12(10)18-9-11/h4-7,11H,8-9,15H2,1-3H3,(H,16,17). The van der Waals surface area contributed by atoms with E-state index in [9.17, 15) is 0 Å². The number of hydrogen-bond donors (Lipinski definition) is 2. The Labute approximate surface area is 108 Å². The molecule has 0 saturated carbocycles. The number of nitrogens with one attached hydrogen (secondary N) is 1. The van der Waals surface area contributed by atoms with Crippen molar-refractivity contribution in [2.24, 2.45) is 16.8 Å². The van der Waals surface area contributed by atoms with Crippen LogP contribution in [0.1, 0.15) is 26.3 Å². The third-order valence-electron chi connectivity index (χ3n) is 2.87. The van der Waals surface area contributed by atoms with Gasteiger partial charge in [-0.05, 0) is 38.8 Å². The lowest BCUT2D eigenvalue weighted by molar-refractivity contribution is 0.256. The van der Waals surface area contributed by atoms with E-state index in [2.05, 4.69) is 37.3 Å². The molecule has 1 aromatic rings. The molecular formula is C14H21N3O. The van der Waals surface area contributed by atoms with Crippen molar-refractivity contribution < 1.29 is 4.74 Å². The van der Waals surface area contributed by atoms with Crippen LogP contribution in [0.5, 0.6) is 5.75 Å². The van der Waals surface area contributed by atoms with Gasteiger partial charge in [0.2, 0.25) is 0 Å². The summed E-state index contributed by atoms with van der Waals surface area (Å²) in [4.78, 5) is 4.62. The van der Waals surface area contributed by atoms with Crippen molar-refractivity contribution in [3.63, 3.8) is 0 Å². The quantitative estimate of drug-likeness (QED) is 0.345. The molecule has 1 aliphatic heterocycles. The van der Waals surface area contributed by atoms with Gasteiger partial charge < -0.3 is 10.2 Å². The molecule has 0 spiro atoms. The fourth-order valence-electron chi connectivity index (χ4n) is 2.11. The molecule has 1 unspecified atom stereocenters. The highest BCUT2D eigenvalue weighted by Gasteiger charge is 2.25. The van der Waals surface area contributed by atoms with E-state index in [0.717, 1.165) is 18.0 Å². The molecule has 0 aliphatic carbocycles. The van der Waals surface area contributed by atoms with Gasteiger partial charge in [-0.15, -0.1) is 0 Å². The zero-order valence-electron chi connectivity index (χ0n) is 11.2. The molecule has 4 heteroatoms. The highest BCUT2D eigenvalue weighted by molar-refractivity contribution is 5.85. The van der Waals surface area contributed by atoms with Crippen LogP contribution < -0.4 is 16.0 Å². The van der Waals surface area contributed by atoms with Crippen LogP contribution in [-0.2, 0) is 6.42 Å². The van der Waals surface area contributed by atoms with Crippen LogP contribution in [0.4, 0.5) is 0 Å². The molecule has 2 rings (SSSR count). The first-order valence-electron chi connectivity index (χ1n) is 6.26. The van der Waals surface area contributed by atoms with Crippen LogP contribution in [0.2, 0.25) is 0 Å². The maximum atomic E-state index is 5.76. The van der Waals surface area contributed by atoms with Crippen LogP contribution in [0, 0.1) is 5.92 Å². The summed E-state index contributed by atoms with van der Waals surface area (Å²) in [5.74, 6) is 7.58. The van der Waals surface area contributed by atoms with Gasteiger partial charge >= 0.3 is 0 Å². The lowest BCUT2D eigenvalue weighted by atomic mass is 9.95. The number of rotatable bonds is 1. The van der Waals surface area contributed by atoms with E-state index in [1.165, 1.54) is 5.56 Å². The van der Waals surface area contributed by atoms with Crippen molar-refractivity contribution in [3.05, 3.63) is 29.8 Å². The Balaban J connectivity index is 2.19. The SMILES string of the molecule is CC(C)(C)N=C(NN)C1COc2ccccc2C1. The molecule has 1 aliphatic rings. The minimum absolute atomic E-state index is 0.140. The van der Waals surface area contributed by atoms with Crippen LogP contribution in [0.15, 0.2) is 29.3 Å². The average molecular weight is 247 g/mol. The van der Waals surface area contributed by atoms with Gasteiger partial charge in [0.25, 0.3) is 0 Å². The molecule has 0 aromatic heterocycles. The summed E-state index contributed by atoms with van der Waals surface area (Å²) in [6.07, 6.45) is 0.912. The second-order valence-corrected chi connectivity index (χ2v) is 5.63. The molecule has 1 aromatic carbocycles. The Hall–Kier alpha value is -1.55. The normalized spacial score (nSPS) is 20.0. The number of aliphatic imine (C=N–C) groups is 1. The topological polar surface area (TPSA) is 59.6 Å². The van der Waals surface area contributed by atoms with Crippen LogP contribution in [0.25, 0.3) is 0 Å². The van der Waals surface area contributed by atoms with Gasteiger partial charge in [0.15, 0.2) is 0 Å². The highest BCUT2D eigenvalue weighted by Crippen LogP contribution is 2.27. The number of hydrogen-bond acceptors (Lipinski definition) is 3. The van der Waals surface area contributed by atoms with E-state index in [0.29, 0.717) is 6.61 Å². The van der Waals surface area contributed by atoms with E-state index in [-0.39, 0.29) is 11.5 Å². The van der Waals surface area contributed by atoms with Gasteiger partial charge in [0, 0.05) is 0 Å². The van der Waals surface area contributed by atoms with Gasteiger partial charge in [-0.25, -0.2) is 5.84 Å². The molecule has 0 saturated heterocycles. The Bertz CT molecular complexity index is 449. The fraction of sp³-hybridized carbons (Fsp3) is 0.500. The highest BCUT2D eigenvalue weighted by atomic mass is 16.5. The predicted octanol–water partition coefficient (Wildman–Crippen LogP) is 1.90. The smallest absolute Gasteiger partial charge is 0.122 e. The van der Waals surface area contributed by atoms with Crippen molar-refractivity contribution in [2.45, 2.75) is 32.7 Å². The van der Waals surface area contributed by atoms with E-state index in [1.807, 2.05) is 18.2 Å². The minimum Gasteiger partial charge on any atom is -0.493 e. The number of fused-ring (bicyclic) bond motifs is 1. The van der Waals surface area contributed by atoms with E-state index >= 15 is 0 Å². The fourth-order valence-corrected chi connectivity index (χ4v) is 2.11. The van der Waals surface area contributed by atoms with E-state index in [1.54, 1.807) is 0 Å². The Kier molecular flexibility index (Phi) is 3.57. The molecule has 0 bridgehead atoms. The Morgan fingerprint density at radius 1 is 1.39 bits per heavy atom. The molecule has 3 N–H and O–H groups in total. The summed E-state index contributed by atoms with van der Waals surface area (Å²) in [6, 6.07) is 8.11. The van der Waals surface area contributed by atoms with Crippen molar-refractivity contribution in [3.8, 4) is 5.75 Å². The molecule has 1 atom stereocenters. The maximum Gasteiger partial charge on any atom is 0.122 e. The zero-order chi connectivity index (χ0) is 13.2. The lowest BCUT2D eigenvalue weighted by Gasteiger charge is -2.27. The Morgan fingerprint density at radius 3 is 2.78 bits per heavy atom. The van der Waals surface area contributed by atoms with Crippen molar-refractivity contribution >= 4 is 5.84 Å². The van der Waals surface area contributed by atoms with Gasteiger partial charge in [-0.1, -0.05) is 18.2 Å². The Morgan fingerprint density at radius 2 is 2.11 bits per heavy atom. The van der Waals surface area contributed by atoms with E-state index < -0.39 is 0 Å². The first kappa shape index (κ1) is 12.9. The van der Waals surface area contributed by atoms with Crippen molar-refractivity contribution in [1.29, 1.82) is 0 Å². The molecule has 1 heterocycles. The summed E-state index contributed by atoms with van der Waals surface area (Å²) >= 11 is 0. The second-order valence-electron chi connectivity index (χ2n) is 5.63. The van der Waals surface area contributed by atoms with E-state index in [4.69, 9.17) is 10.6 Å². The summed E-state index contributed by atoms with van der Waals surface area (Å²) in [7, 11) is 0. The summed E-state index contributed by atoms with van der Waals surface area (Å²) in [6.45, 7) is 6.79. The molecule has 18 heavy (non-hydrogen) atoms. The second kappa shape index (κ2) is 4.98. The van der Waals surface area contributed by atoms with Crippen LogP contribution in [0.3, 0.4) is 0 Å². The number of benzene rings is 1. The molecule has 0 radical (unpaired) electrons. The molecule has 4 nitrogen and oxygen atoms in total. The van der Waals surface area contributed by atoms with Gasteiger partial charge in [0.1, 0.15) is 11.6 Å². The first-order valence-corrected chi connectivity index (χ1v) is 6.26. The summed E-state index contributed by atoms with van der Waals surface area (Å²) in [5, 5.41) is 0. The molecule has 0 fully saturated rings. The number of para-hydroxylation sites is 1. The van der Waals surface area contributed by atoms with Crippen molar-refractivity contribution in [2.75, 3.05) is 6.61 Å². The molecule has 0 amide bonds. The third kappa shape index (κ3) is 3.01.